The molecule has 1 fully saturated rings. The topological polar surface area (TPSA) is 74.0 Å². The van der Waals surface area contributed by atoms with Crippen molar-refractivity contribution in [2.75, 3.05) is 33.5 Å². The Morgan fingerprint density at radius 3 is 2.81 bits per heavy atom. The van der Waals surface area contributed by atoms with Crippen LogP contribution in [0.5, 0.6) is 11.5 Å². The lowest BCUT2D eigenvalue weighted by Crippen LogP contribution is -2.38. The summed E-state index contributed by atoms with van der Waals surface area (Å²) in [4.78, 5) is 19.0. The van der Waals surface area contributed by atoms with Gasteiger partial charge in [-0.25, -0.2) is 4.98 Å². The van der Waals surface area contributed by atoms with Crippen molar-refractivity contribution in [3.05, 3.63) is 41.6 Å². The van der Waals surface area contributed by atoms with E-state index in [4.69, 9.17) is 18.6 Å². The second kappa shape index (κ2) is 8.00. The lowest BCUT2D eigenvalue weighted by atomic mass is 10.0. The molecule has 1 aromatic heterocycles. The monoisotopic (exact) mass is 372 g/mol. The fourth-order valence-electron chi connectivity index (χ4n) is 3.52. The zero-order valence-electron chi connectivity index (χ0n) is 15.5. The van der Waals surface area contributed by atoms with Crippen LogP contribution in [0.2, 0.25) is 0 Å². The Morgan fingerprint density at radius 2 is 2.04 bits per heavy atom. The molecule has 27 heavy (non-hydrogen) atoms. The van der Waals surface area contributed by atoms with Gasteiger partial charge in [0.15, 0.2) is 24.0 Å². The minimum atomic E-state index is -0.0674. The van der Waals surface area contributed by atoms with Crippen molar-refractivity contribution in [3.8, 4) is 11.5 Å². The molecule has 2 aromatic rings. The molecular formula is C20H24N2O5. The average Bonchev–Trinajstić information content (AvgIpc) is 3.16. The van der Waals surface area contributed by atoms with Crippen LogP contribution in [0.1, 0.15) is 36.1 Å². The minimum Gasteiger partial charge on any atom is -0.493 e. The first kappa shape index (κ1) is 17.9. The zero-order valence-corrected chi connectivity index (χ0v) is 15.5. The summed E-state index contributed by atoms with van der Waals surface area (Å²) in [7, 11) is 1.58. The first-order chi connectivity index (χ1) is 13.2. The molecule has 0 unspecified atom stereocenters. The second-order valence-corrected chi connectivity index (χ2v) is 6.81. The van der Waals surface area contributed by atoms with Crippen molar-refractivity contribution < 1.29 is 23.4 Å². The number of methoxy groups -OCH3 is 1. The summed E-state index contributed by atoms with van der Waals surface area (Å²) in [6, 6.07) is 7.31. The van der Waals surface area contributed by atoms with E-state index in [2.05, 4.69) is 4.98 Å². The van der Waals surface area contributed by atoms with E-state index in [0.29, 0.717) is 36.9 Å². The van der Waals surface area contributed by atoms with Gasteiger partial charge in [0.25, 0.3) is 5.91 Å². The highest BCUT2D eigenvalue weighted by atomic mass is 16.5. The van der Waals surface area contributed by atoms with E-state index in [0.717, 1.165) is 43.4 Å². The van der Waals surface area contributed by atoms with Gasteiger partial charge >= 0.3 is 0 Å². The quantitative estimate of drug-likeness (QED) is 0.803. The maximum Gasteiger partial charge on any atom is 0.260 e. The molecule has 7 heteroatoms. The summed E-state index contributed by atoms with van der Waals surface area (Å²) in [5.74, 6) is 3.14. The number of oxazole rings is 1. The van der Waals surface area contributed by atoms with Crippen molar-refractivity contribution in [1.29, 1.82) is 0 Å². The van der Waals surface area contributed by atoms with Gasteiger partial charge in [-0.05, 0) is 25.0 Å². The predicted molar refractivity (Wildman–Crippen MR) is 96.9 cm³/mol. The molecule has 2 aliphatic heterocycles. The number of amides is 1. The van der Waals surface area contributed by atoms with Crippen LogP contribution in [0.3, 0.4) is 0 Å². The van der Waals surface area contributed by atoms with Crippen LogP contribution in [0.15, 0.2) is 28.7 Å². The second-order valence-electron chi connectivity index (χ2n) is 6.81. The molecule has 0 spiro atoms. The lowest BCUT2D eigenvalue weighted by Gasteiger charge is -2.25. The van der Waals surface area contributed by atoms with Crippen molar-refractivity contribution in [3.63, 3.8) is 0 Å². The fourth-order valence-corrected chi connectivity index (χ4v) is 3.52. The van der Waals surface area contributed by atoms with Gasteiger partial charge in [-0.1, -0.05) is 12.1 Å². The van der Waals surface area contributed by atoms with Crippen LogP contribution in [-0.2, 0) is 22.5 Å². The molecule has 2 aliphatic rings. The van der Waals surface area contributed by atoms with Gasteiger partial charge in [0, 0.05) is 32.1 Å². The number of carbonyl (C=O) groups excluding carboxylic acids is 1. The number of rotatable bonds is 5. The van der Waals surface area contributed by atoms with Gasteiger partial charge in [0.2, 0.25) is 0 Å². The van der Waals surface area contributed by atoms with Gasteiger partial charge in [-0.3, -0.25) is 4.79 Å². The van der Waals surface area contributed by atoms with Crippen molar-refractivity contribution in [1.82, 2.24) is 9.88 Å². The minimum absolute atomic E-state index is 0.0274. The third-order valence-corrected chi connectivity index (χ3v) is 5.09. The zero-order chi connectivity index (χ0) is 18.6. The molecule has 0 aliphatic carbocycles. The van der Waals surface area contributed by atoms with Crippen LogP contribution in [-0.4, -0.2) is 49.3 Å². The molecule has 0 radical (unpaired) electrons. The van der Waals surface area contributed by atoms with Crippen molar-refractivity contribution in [2.24, 2.45) is 0 Å². The fraction of sp³-hybridized carbons (Fsp3) is 0.500. The number of carbonyl (C=O) groups is 1. The third kappa shape index (κ3) is 3.93. The maximum atomic E-state index is 12.6. The summed E-state index contributed by atoms with van der Waals surface area (Å²) >= 11 is 0. The molecule has 144 valence electrons. The summed E-state index contributed by atoms with van der Waals surface area (Å²) in [6.45, 7) is 2.56. The van der Waals surface area contributed by atoms with Crippen LogP contribution in [0.25, 0.3) is 0 Å². The van der Waals surface area contributed by atoms with E-state index >= 15 is 0 Å². The van der Waals surface area contributed by atoms with Crippen LogP contribution >= 0.6 is 0 Å². The van der Waals surface area contributed by atoms with Crippen LogP contribution in [0, 0.1) is 0 Å². The molecular weight excluding hydrogens is 348 g/mol. The van der Waals surface area contributed by atoms with E-state index in [9.17, 15) is 4.79 Å². The molecule has 1 amide bonds. The Hall–Kier alpha value is -2.54. The van der Waals surface area contributed by atoms with Crippen molar-refractivity contribution >= 4 is 5.91 Å². The molecule has 0 atom stereocenters. The van der Waals surface area contributed by atoms with Crippen LogP contribution < -0.4 is 9.47 Å². The highest BCUT2D eigenvalue weighted by molar-refractivity contribution is 5.78. The summed E-state index contributed by atoms with van der Waals surface area (Å²) in [6.07, 6.45) is 2.57. The predicted octanol–water partition coefficient (Wildman–Crippen LogP) is 2.54. The standard InChI is InChI=1S/C20H24N2O5/c1-24-17-4-2-3-5-18(17)26-13-19(23)22-9-6-16-15(12-22)21-20(27-16)14-7-10-25-11-8-14/h2-5,14H,6-13H2,1H3. The van der Waals surface area contributed by atoms with E-state index in [-0.39, 0.29) is 12.5 Å². The van der Waals surface area contributed by atoms with E-state index < -0.39 is 0 Å². The molecule has 3 heterocycles. The molecule has 1 aromatic carbocycles. The summed E-state index contributed by atoms with van der Waals surface area (Å²) < 4.78 is 22.3. The highest BCUT2D eigenvalue weighted by Gasteiger charge is 2.28. The number of fused-ring (bicyclic) bond motifs is 1. The van der Waals surface area contributed by atoms with Crippen molar-refractivity contribution in [2.45, 2.75) is 31.7 Å². The van der Waals surface area contributed by atoms with Crippen LogP contribution in [0.4, 0.5) is 0 Å². The molecule has 0 N–H and O–H groups in total. The van der Waals surface area contributed by atoms with Gasteiger partial charge in [-0.2, -0.15) is 0 Å². The molecule has 0 bridgehead atoms. The SMILES string of the molecule is COc1ccccc1OCC(=O)N1CCc2oc(C3CCOCC3)nc2C1. The number of benzene rings is 1. The Morgan fingerprint density at radius 1 is 1.26 bits per heavy atom. The Bertz CT molecular complexity index is 797. The van der Waals surface area contributed by atoms with E-state index in [1.807, 2.05) is 12.1 Å². The number of hydrogen-bond acceptors (Lipinski definition) is 6. The summed E-state index contributed by atoms with van der Waals surface area (Å²) in [5.41, 5.74) is 0.869. The summed E-state index contributed by atoms with van der Waals surface area (Å²) in [5, 5.41) is 0. The molecule has 4 rings (SSSR count). The molecule has 1 saturated heterocycles. The number of hydrogen-bond donors (Lipinski definition) is 0. The number of ether oxygens (including phenoxy) is 3. The molecule has 7 nitrogen and oxygen atoms in total. The Kier molecular flexibility index (Phi) is 5.29. The highest BCUT2D eigenvalue weighted by Crippen LogP contribution is 2.30. The number of para-hydroxylation sites is 2. The van der Waals surface area contributed by atoms with Gasteiger partial charge in [0.1, 0.15) is 11.5 Å². The normalized spacial score (nSPS) is 17.4. The Balaban J connectivity index is 1.37. The maximum absolute atomic E-state index is 12.6. The third-order valence-electron chi connectivity index (χ3n) is 5.09. The van der Waals surface area contributed by atoms with Gasteiger partial charge < -0.3 is 23.5 Å². The number of aromatic nitrogens is 1. The molecule has 0 saturated carbocycles. The Labute approximate surface area is 158 Å². The largest absolute Gasteiger partial charge is 0.493 e. The average molecular weight is 372 g/mol. The van der Waals surface area contributed by atoms with Gasteiger partial charge in [-0.15, -0.1) is 0 Å². The lowest BCUT2D eigenvalue weighted by molar-refractivity contribution is -0.134. The van der Waals surface area contributed by atoms with Gasteiger partial charge in [0.05, 0.1) is 13.7 Å². The van der Waals surface area contributed by atoms with E-state index in [1.54, 1.807) is 24.1 Å². The smallest absolute Gasteiger partial charge is 0.260 e. The van der Waals surface area contributed by atoms with E-state index in [1.165, 1.54) is 0 Å². The first-order valence-electron chi connectivity index (χ1n) is 9.34. The number of nitrogens with zero attached hydrogens (tertiary/aromatic N) is 2. The first-order valence-corrected chi connectivity index (χ1v) is 9.34.